The zero-order chi connectivity index (χ0) is 18.6. The summed E-state index contributed by atoms with van der Waals surface area (Å²) < 4.78 is 0. The van der Waals surface area contributed by atoms with Crippen LogP contribution < -0.4 is 10.6 Å². The maximum absolute atomic E-state index is 12.4. The molecule has 0 aromatic heterocycles. The molecule has 1 aromatic rings. The zero-order valence-corrected chi connectivity index (χ0v) is 15.9. The molecule has 0 spiro atoms. The van der Waals surface area contributed by atoms with Crippen molar-refractivity contribution in [3.05, 3.63) is 29.3 Å². The predicted octanol–water partition coefficient (Wildman–Crippen LogP) is 2.37. The minimum atomic E-state index is -0.174. The van der Waals surface area contributed by atoms with Crippen molar-refractivity contribution in [1.29, 1.82) is 0 Å². The van der Waals surface area contributed by atoms with Gasteiger partial charge in [0.1, 0.15) is 0 Å². The summed E-state index contributed by atoms with van der Waals surface area (Å²) in [6.45, 7) is 12.6. The van der Waals surface area contributed by atoms with Crippen molar-refractivity contribution in [3.8, 4) is 0 Å². The van der Waals surface area contributed by atoms with Crippen molar-refractivity contribution >= 4 is 17.6 Å². The predicted molar refractivity (Wildman–Crippen MR) is 101 cm³/mol. The Bertz CT molecular complexity index is 622. The van der Waals surface area contributed by atoms with E-state index < -0.39 is 0 Å². The van der Waals surface area contributed by atoms with Crippen LogP contribution in [0.4, 0.5) is 10.5 Å². The van der Waals surface area contributed by atoms with E-state index in [4.69, 9.17) is 0 Å². The lowest BCUT2D eigenvalue weighted by atomic mass is 10.1. The number of aryl methyl sites for hydroxylation is 2. The molecule has 1 aromatic carbocycles. The number of carbonyl (C=O) groups is 2. The van der Waals surface area contributed by atoms with Crippen LogP contribution in [-0.2, 0) is 4.79 Å². The third-order valence-electron chi connectivity index (χ3n) is 4.72. The number of urea groups is 1. The molecule has 0 radical (unpaired) electrons. The number of piperazine rings is 1. The lowest BCUT2D eigenvalue weighted by Gasteiger charge is -2.37. The molecule has 6 nitrogen and oxygen atoms in total. The van der Waals surface area contributed by atoms with E-state index in [9.17, 15) is 9.59 Å². The molecule has 1 aliphatic rings. The summed E-state index contributed by atoms with van der Waals surface area (Å²) >= 11 is 0. The number of hydrogen-bond acceptors (Lipinski definition) is 3. The Balaban J connectivity index is 1.85. The fourth-order valence-corrected chi connectivity index (χ4v) is 2.90. The number of hydrogen-bond donors (Lipinski definition) is 2. The molecule has 0 aliphatic carbocycles. The van der Waals surface area contributed by atoms with Crippen molar-refractivity contribution < 1.29 is 9.59 Å². The SMILES string of the molecule is Cc1ccc(NC(=O)N2CCN(C(C)C(=O)NC(C)C)CC2)cc1C. The molecule has 0 saturated carbocycles. The third kappa shape index (κ3) is 5.19. The Labute approximate surface area is 150 Å². The highest BCUT2D eigenvalue weighted by Crippen LogP contribution is 2.15. The van der Waals surface area contributed by atoms with E-state index in [1.165, 1.54) is 5.56 Å². The first-order valence-electron chi connectivity index (χ1n) is 8.95. The average Bonchev–Trinajstić information content (AvgIpc) is 2.57. The summed E-state index contributed by atoms with van der Waals surface area (Å²) in [6, 6.07) is 5.81. The summed E-state index contributed by atoms with van der Waals surface area (Å²) in [6.07, 6.45) is 0. The van der Waals surface area contributed by atoms with Crippen LogP contribution in [0.5, 0.6) is 0 Å². The van der Waals surface area contributed by atoms with Gasteiger partial charge in [-0.1, -0.05) is 6.07 Å². The average molecular weight is 346 g/mol. The number of nitrogens with zero attached hydrogens (tertiary/aromatic N) is 2. The standard InChI is InChI=1S/C19H30N4O2/c1-13(2)20-18(24)16(5)22-8-10-23(11-9-22)19(25)21-17-7-6-14(3)15(4)12-17/h6-7,12-13,16H,8-11H2,1-5H3,(H,20,24)(H,21,25). The minimum Gasteiger partial charge on any atom is -0.353 e. The fourth-order valence-electron chi connectivity index (χ4n) is 2.90. The molecule has 1 heterocycles. The van der Waals surface area contributed by atoms with Gasteiger partial charge in [0.05, 0.1) is 6.04 Å². The quantitative estimate of drug-likeness (QED) is 0.880. The number of anilines is 1. The van der Waals surface area contributed by atoms with E-state index >= 15 is 0 Å². The molecule has 25 heavy (non-hydrogen) atoms. The van der Waals surface area contributed by atoms with E-state index in [-0.39, 0.29) is 24.0 Å². The van der Waals surface area contributed by atoms with Crippen LogP contribution >= 0.6 is 0 Å². The number of amides is 3. The van der Waals surface area contributed by atoms with Crippen LogP contribution in [0.15, 0.2) is 18.2 Å². The molecule has 1 fully saturated rings. The largest absolute Gasteiger partial charge is 0.353 e. The monoisotopic (exact) mass is 346 g/mol. The van der Waals surface area contributed by atoms with Gasteiger partial charge in [0.2, 0.25) is 5.91 Å². The molecule has 1 atom stereocenters. The Morgan fingerprint density at radius 1 is 1.00 bits per heavy atom. The smallest absolute Gasteiger partial charge is 0.321 e. The van der Waals surface area contributed by atoms with Crippen LogP contribution in [0.1, 0.15) is 31.9 Å². The van der Waals surface area contributed by atoms with Crippen molar-refractivity contribution in [2.45, 2.75) is 46.7 Å². The van der Waals surface area contributed by atoms with Crippen LogP contribution in [0.25, 0.3) is 0 Å². The molecule has 2 N–H and O–H groups in total. The van der Waals surface area contributed by atoms with Gasteiger partial charge in [0, 0.05) is 37.9 Å². The molecular weight excluding hydrogens is 316 g/mol. The topological polar surface area (TPSA) is 64.7 Å². The number of benzene rings is 1. The van der Waals surface area contributed by atoms with Gasteiger partial charge in [0.25, 0.3) is 0 Å². The Morgan fingerprint density at radius 2 is 1.64 bits per heavy atom. The number of rotatable bonds is 4. The van der Waals surface area contributed by atoms with E-state index in [1.54, 1.807) is 4.90 Å². The van der Waals surface area contributed by atoms with Crippen molar-refractivity contribution in [3.63, 3.8) is 0 Å². The molecule has 1 unspecified atom stereocenters. The van der Waals surface area contributed by atoms with Crippen molar-refractivity contribution in [2.75, 3.05) is 31.5 Å². The zero-order valence-electron chi connectivity index (χ0n) is 15.9. The normalized spacial score (nSPS) is 16.6. The highest BCUT2D eigenvalue weighted by Gasteiger charge is 2.27. The molecule has 1 saturated heterocycles. The Kier molecular flexibility index (Phi) is 6.42. The van der Waals surface area contributed by atoms with Gasteiger partial charge in [-0.15, -0.1) is 0 Å². The number of carbonyl (C=O) groups excluding carboxylic acids is 2. The summed E-state index contributed by atoms with van der Waals surface area (Å²) in [5.74, 6) is 0.0445. The van der Waals surface area contributed by atoms with Crippen molar-refractivity contribution in [2.24, 2.45) is 0 Å². The molecule has 0 bridgehead atoms. The van der Waals surface area contributed by atoms with Gasteiger partial charge in [-0.2, -0.15) is 0 Å². The fraction of sp³-hybridized carbons (Fsp3) is 0.579. The third-order valence-corrected chi connectivity index (χ3v) is 4.72. The molecule has 3 amide bonds. The summed E-state index contributed by atoms with van der Waals surface area (Å²) in [5.41, 5.74) is 3.19. The van der Waals surface area contributed by atoms with Crippen LogP contribution in [0.3, 0.4) is 0 Å². The van der Waals surface area contributed by atoms with E-state index in [0.29, 0.717) is 26.2 Å². The molecular formula is C19H30N4O2. The highest BCUT2D eigenvalue weighted by molar-refractivity contribution is 5.89. The lowest BCUT2D eigenvalue weighted by Crippen LogP contribution is -2.56. The van der Waals surface area contributed by atoms with Crippen molar-refractivity contribution in [1.82, 2.24) is 15.1 Å². The molecule has 1 aliphatic heterocycles. The molecule has 2 rings (SSSR count). The maximum atomic E-state index is 12.4. The second kappa shape index (κ2) is 8.34. The van der Waals surface area contributed by atoms with Gasteiger partial charge < -0.3 is 15.5 Å². The van der Waals surface area contributed by atoms with Gasteiger partial charge in [-0.3, -0.25) is 9.69 Å². The summed E-state index contributed by atoms with van der Waals surface area (Å²) in [7, 11) is 0. The van der Waals surface area contributed by atoms with Crippen LogP contribution in [0.2, 0.25) is 0 Å². The van der Waals surface area contributed by atoms with Gasteiger partial charge >= 0.3 is 6.03 Å². The number of nitrogens with one attached hydrogen (secondary N) is 2. The van der Waals surface area contributed by atoms with E-state index in [0.717, 1.165) is 11.3 Å². The molecule has 138 valence electrons. The Hall–Kier alpha value is -2.08. The lowest BCUT2D eigenvalue weighted by molar-refractivity contribution is -0.126. The Morgan fingerprint density at radius 3 is 2.20 bits per heavy atom. The van der Waals surface area contributed by atoms with Crippen LogP contribution in [-0.4, -0.2) is 60.0 Å². The first-order chi connectivity index (χ1) is 11.8. The summed E-state index contributed by atoms with van der Waals surface area (Å²) in [4.78, 5) is 28.5. The van der Waals surface area contributed by atoms with Gasteiger partial charge in [-0.05, 0) is 57.9 Å². The first-order valence-corrected chi connectivity index (χ1v) is 8.95. The van der Waals surface area contributed by atoms with Gasteiger partial charge in [0.15, 0.2) is 0 Å². The first kappa shape index (κ1) is 19.2. The van der Waals surface area contributed by atoms with Crippen LogP contribution in [0, 0.1) is 13.8 Å². The van der Waals surface area contributed by atoms with E-state index in [1.807, 2.05) is 45.9 Å². The highest BCUT2D eigenvalue weighted by atomic mass is 16.2. The maximum Gasteiger partial charge on any atom is 0.321 e. The van der Waals surface area contributed by atoms with Gasteiger partial charge in [-0.25, -0.2) is 4.79 Å². The summed E-state index contributed by atoms with van der Waals surface area (Å²) in [5, 5.41) is 5.90. The second-order valence-corrected chi connectivity index (χ2v) is 7.09. The van der Waals surface area contributed by atoms with E-state index in [2.05, 4.69) is 22.5 Å². The molecule has 6 heteroatoms. The second-order valence-electron chi connectivity index (χ2n) is 7.09. The minimum absolute atomic E-state index is 0.0445.